The number of rotatable bonds is 5. The molecule has 1 fully saturated rings. The van der Waals surface area contributed by atoms with Crippen molar-refractivity contribution in [2.24, 2.45) is 0 Å². The maximum absolute atomic E-state index is 14.5. The standard InChI is InChI=1S/C20H22F3N5O.CH2O2/c1-12-8-14(21)18(16(29)9-12)19-15-5-3-7-28(15)20(26-25-19)24-13-4-2-6-27(10-13)11-17(22)23;2-1-3/h3,5,7-9,13,17,29H,2,4,6,10-11H2,1H3,(H,24,26);1H,(H,2,3)/t13-;/m1./s1. The maximum atomic E-state index is 14.5. The van der Waals surface area contributed by atoms with Crippen molar-refractivity contribution in [2.45, 2.75) is 32.2 Å². The van der Waals surface area contributed by atoms with Crippen LogP contribution in [0.5, 0.6) is 5.75 Å². The van der Waals surface area contributed by atoms with Crippen LogP contribution in [0.3, 0.4) is 0 Å². The summed E-state index contributed by atoms with van der Waals surface area (Å²) in [5.41, 5.74) is 1.42. The van der Waals surface area contributed by atoms with Crippen molar-refractivity contribution in [3.8, 4) is 17.0 Å². The Balaban J connectivity index is 0.000000913. The average Bonchev–Trinajstić information content (AvgIpc) is 3.20. The number of aromatic nitrogens is 3. The Morgan fingerprint density at radius 3 is 2.78 bits per heavy atom. The predicted molar refractivity (Wildman–Crippen MR) is 113 cm³/mol. The van der Waals surface area contributed by atoms with E-state index in [-0.39, 0.29) is 36.1 Å². The average molecular weight is 451 g/mol. The molecule has 0 bridgehead atoms. The molecule has 0 unspecified atom stereocenters. The van der Waals surface area contributed by atoms with Crippen LogP contribution in [-0.2, 0) is 4.79 Å². The maximum Gasteiger partial charge on any atom is 0.290 e. The number of likely N-dealkylation sites (tertiary alicyclic amines) is 1. The quantitative estimate of drug-likeness (QED) is 0.511. The number of benzene rings is 1. The fourth-order valence-corrected chi connectivity index (χ4v) is 3.91. The van der Waals surface area contributed by atoms with Crippen LogP contribution < -0.4 is 5.32 Å². The topological polar surface area (TPSA) is 103 Å². The Hall–Kier alpha value is -3.34. The monoisotopic (exact) mass is 451 g/mol. The normalized spacial score (nSPS) is 16.6. The summed E-state index contributed by atoms with van der Waals surface area (Å²) < 4.78 is 41.7. The third-order valence-electron chi connectivity index (χ3n) is 5.15. The second kappa shape index (κ2) is 10.3. The Labute approximate surface area is 182 Å². The molecular formula is C21H24F3N5O3. The van der Waals surface area contributed by atoms with Gasteiger partial charge in [-0.1, -0.05) is 0 Å². The third kappa shape index (κ3) is 5.28. The van der Waals surface area contributed by atoms with Gasteiger partial charge >= 0.3 is 0 Å². The zero-order chi connectivity index (χ0) is 23.3. The highest BCUT2D eigenvalue weighted by Crippen LogP contribution is 2.34. The molecule has 1 saturated heterocycles. The second-order valence-corrected chi connectivity index (χ2v) is 7.52. The largest absolute Gasteiger partial charge is 0.507 e. The van der Waals surface area contributed by atoms with Crippen molar-refractivity contribution in [1.82, 2.24) is 19.5 Å². The minimum atomic E-state index is -2.36. The highest BCUT2D eigenvalue weighted by Gasteiger charge is 2.24. The van der Waals surface area contributed by atoms with Gasteiger partial charge in [-0.15, -0.1) is 10.2 Å². The zero-order valence-electron chi connectivity index (χ0n) is 17.4. The fraction of sp³-hybridized carbons (Fsp3) is 0.381. The summed E-state index contributed by atoms with van der Waals surface area (Å²) in [5, 5.41) is 28.8. The number of hydrogen-bond donors (Lipinski definition) is 3. The van der Waals surface area contributed by atoms with Crippen LogP contribution in [0.1, 0.15) is 18.4 Å². The molecule has 0 aliphatic carbocycles. The van der Waals surface area contributed by atoms with Crippen LogP contribution in [0, 0.1) is 12.7 Å². The van der Waals surface area contributed by atoms with E-state index in [1.54, 1.807) is 34.6 Å². The highest BCUT2D eigenvalue weighted by atomic mass is 19.3. The van der Waals surface area contributed by atoms with E-state index in [1.165, 1.54) is 12.1 Å². The van der Waals surface area contributed by atoms with Gasteiger partial charge in [0.05, 0.1) is 17.6 Å². The number of piperidine rings is 1. The van der Waals surface area contributed by atoms with Crippen molar-refractivity contribution in [3.05, 3.63) is 41.8 Å². The summed E-state index contributed by atoms with van der Waals surface area (Å²) in [6.45, 7) is 2.34. The molecule has 1 aliphatic heterocycles. The van der Waals surface area contributed by atoms with Gasteiger partial charge < -0.3 is 15.5 Å². The number of nitrogens with zero attached hydrogens (tertiary/aromatic N) is 4. The number of anilines is 1. The van der Waals surface area contributed by atoms with Gasteiger partial charge in [0, 0.05) is 18.8 Å². The lowest BCUT2D eigenvalue weighted by atomic mass is 10.1. The van der Waals surface area contributed by atoms with Gasteiger partial charge in [-0.25, -0.2) is 13.2 Å². The molecular weight excluding hydrogens is 427 g/mol. The number of halogens is 3. The molecule has 4 rings (SSSR count). The molecule has 32 heavy (non-hydrogen) atoms. The van der Waals surface area contributed by atoms with Gasteiger partial charge in [-0.3, -0.25) is 14.1 Å². The predicted octanol–water partition coefficient (Wildman–Crippen LogP) is 3.39. The summed E-state index contributed by atoms with van der Waals surface area (Å²) in [5.74, 6) is -0.323. The van der Waals surface area contributed by atoms with Crippen molar-refractivity contribution >= 4 is 17.9 Å². The van der Waals surface area contributed by atoms with Crippen LogP contribution >= 0.6 is 0 Å². The first-order valence-electron chi connectivity index (χ1n) is 10.0. The lowest BCUT2D eigenvalue weighted by Gasteiger charge is -2.33. The molecule has 3 aromatic rings. The summed E-state index contributed by atoms with van der Waals surface area (Å²) in [4.78, 5) is 10.1. The van der Waals surface area contributed by atoms with Gasteiger partial charge in [-0.2, -0.15) is 0 Å². The van der Waals surface area contributed by atoms with Crippen molar-refractivity contribution in [3.63, 3.8) is 0 Å². The Kier molecular flexibility index (Phi) is 7.52. The number of phenols is 1. The van der Waals surface area contributed by atoms with E-state index in [9.17, 15) is 18.3 Å². The second-order valence-electron chi connectivity index (χ2n) is 7.52. The molecule has 11 heteroatoms. The summed E-state index contributed by atoms with van der Waals surface area (Å²) in [6, 6.07) is 6.31. The van der Waals surface area contributed by atoms with Gasteiger partial charge in [0.1, 0.15) is 17.3 Å². The number of nitrogens with one attached hydrogen (secondary N) is 1. The molecule has 1 aliphatic rings. The van der Waals surface area contributed by atoms with E-state index in [0.29, 0.717) is 30.1 Å². The van der Waals surface area contributed by atoms with E-state index in [1.807, 2.05) is 0 Å². The number of aryl methyl sites for hydroxylation is 1. The van der Waals surface area contributed by atoms with Crippen molar-refractivity contribution < 1.29 is 28.2 Å². The Morgan fingerprint density at radius 2 is 2.09 bits per heavy atom. The number of phenolic OH excluding ortho intramolecular Hbond substituents is 1. The first-order chi connectivity index (χ1) is 15.3. The molecule has 1 aromatic carbocycles. The van der Waals surface area contributed by atoms with Gasteiger partial charge in [0.2, 0.25) is 5.95 Å². The first kappa shape index (κ1) is 23.3. The molecule has 1 atom stereocenters. The summed E-state index contributed by atoms with van der Waals surface area (Å²) in [7, 11) is 0. The molecule has 0 saturated carbocycles. The minimum absolute atomic E-state index is 0.000810. The first-order valence-corrected chi connectivity index (χ1v) is 10.0. The Morgan fingerprint density at radius 1 is 1.34 bits per heavy atom. The van der Waals surface area contributed by atoms with Crippen LogP contribution in [0.15, 0.2) is 30.5 Å². The molecule has 2 aromatic heterocycles. The van der Waals surface area contributed by atoms with E-state index < -0.39 is 12.2 Å². The molecule has 0 amide bonds. The van der Waals surface area contributed by atoms with Gasteiger partial charge in [0.25, 0.3) is 12.9 Å². The van der Waals surface area contributed by atoms with E-state index in [4.69, 9.17) is 9.90 Å². The van der Waals surface area contributed by atoms with Crippen LogP contribution in [0.2, 0.25) is 0 Å². The Bertz CT molecular complexity index is 1050. The number of aromatic hydroxyl groups is 1. The number of carboxylic acid groups (broad SMARTS) is 1. The smallest absolute Gasteiger partial charge is 0.290 e. The van der Waals surface area contributed by atoms with Gasteiger partial charge in [-0.05, 0) is 56.1 Å². The molecule has 3 heterocycles. The third-order valence-corrected chi connectivity index (χ3v) is 5.15. The van der Waals surface area contributed by atoms with Crippen molar-refractivity contribution in [2.75, 3.05) is 25.0 Å². The van der Waals surface area contributed by atoms with E-state index in [0.717, 1.165) is 12.8 Å². The summed E-state index contributed by atoms with van der Waals surface area (Å²) in [6.07, 6.45) is 1.05. The molecule has 172 valence electrons. The SMILES string of the molecule is Cc1cc(O)c(-c2nnc(N[C@@H]3CCCN(CC(F)F)C3)n3cccc23)c(F)c1.O=CO. The number of alkyl halides is 2. The zero-order valence-corrected chi connectivity index (χ0v) is 17.4. The fourth-order valence-electron chi connectivity index (χ4n) is 3.91. The van der Waals surface area contributed by atoms with Crippen LogP contribution in [0.25, 0.3) is 16.8 Å². The van der Waals surface area contributed by atoms with Crippen molar-refractivity contribution in [1.29, 1.82) is 0 Å². The van der Waals surface area contributed by atoms with E-state index >= 15 is 0 Å². The van der Waals surface area contributed by atoms with E-state index in [2.05, 4.69) is 15.5 Å². The lowest BCUT2D eigenvalue weighted by Crippen LogP contribution is -2.44. The minimum Gasteiger partial charge on any atom is -0.507 e. The van der Waals surface area contributed by atoms with Gasteiger partial charge in [0.15, 0.2) is 0 Å². The molecule has 3 N–H and O–H groups in total. The number of carbonyl (C=O) groups is 1. The van der Waals surface area contributed by atoms with Crippen LogP contribution in [-0.4, -0.2) is 68.3 Å². The highest BCUT2D eigenvalue weighted by molar-refractivity contribution is 5.81. The molecule has 0 spiro atoms. The molecule has 0 radical (unpaired) electrons. The number of fused-ring (bicyclic) bond motifs is 1. The van der Waals surface area contributed by atoms with Crippen LogP contribution in [0.4, 0.5) is 19.1 Å². The lowest BCUT2D eigenvalue weighted by molar-refractivity contribution is -0.122. The number of hydrogen-bond acceptors (Lipinski definition) is 6. The summed E-state index contributed by atoms with van der Waals surface area (Å²) >= 11 is 0. The molecule has 8 nitrogen and oxygen atoms in total.